The molecule has 0 saturated heterocycles. The fourth-order valence-corrected chi connectivity index (χ4v) is 2.83. The summed E-state index contributed by atoms with van der Waals surface area (Å²) in [5.41, 5.74) is -2.27. The third-order valence-electron chi connectivity index (χ3n) is 4.45. The first-order chi connectivity index (χ1) is 14.7. The van der Waals surface area contributed by atoms with Crippen LogP contribution in [0.3, 0.4) is 0 Å². The van der Waals surface area contributed by atoms with Gasteiger partial charge in [0.05, 0.1) is 28.9 Å². The molecule has 3 N–H and O–H groups in total. The van der Waals surface area contributed by atoms with E-state index in [1.165, 1.54) is 0 Å². The Kier molecular flexibility index (Phi) is 7.62. The van der Waals surface area contributed by atoms with Crippen LogP contribution in [0.4, 0.5) is 0 Å². The van der Waals surface area contributed by atoms with E-state index in [-0.39, 0.29) is 23.3 Å². The van der Waals surface area contributed by atoms with Gasteiger partial charge >= 0.3 is 23.9 Å². The Morgan fingerprint density at radius 3 is 1.71 bits per heavy atom. The molecule has 0 fully saturated rings. The molecule has 2 rings (SSSR count). The highest BCUT2D eigenvalue weighted by atomic mass is 16.5. The number of carboxylic acid groups (broad SMARTS) is 3. The van der Waals surface area contributed by atoms with Crippen molar-refractivity contribution in [2.24, 2.45) is 0 Å². The third-order valence-corrected chi connectivity index (χ3v) is 4.45. The van der Waals surface area contributed by atoms with Crippen LogP contribution in [-0.4, -0.2) is 51.6 Å². The number of hydrogen-bond acceptors (Lipinski definition) is 6. The van der Waals surface area contributed by atoms with Gasteiger partial charge in [0.15, 0.2) is 5.78 Å². The molecule has 9 nitrogen and oxygen atoms in total. The van der Waals surface area contributed by atoms with Gasteiger partial charge < -0.3 is 20.1 Å². The number of benzene rings is 2. The van der Waals surface area contributed by atoms with Crippen molar-refractivity contribution < 1.29 is 44.0 Å². The van der Waals surface area contributed by atoms with Crippen LogP contribution in [-0.2, 0) is 4.74 Å². The third kappa shape index (κ3) is 5.53. The van der Waals surface area contributed by atoms with Gasteiger partial charge in [-0.1, -0.05) is 19.8 Å². The van der Waals surface area contributed by atoms with Gasteiger partial charge in [-0.25, -0.2) is 19.2 Å². The number of carbonyl (C=O) groups excluding carboxylic acids is 2. The number of aromatic carboxylic acids is 3. The summed E-state index contributed by atoms with van der Waals surface area (Å²) >= 11 is 0. The highest BCUT2D eigenvalue weighted by molar-refractivity contribution is 6.19. The van der Waals surface area contributed by atoms with Crippen LogP contribution in [0.25, 0.3) is 0 Å². The minimum Gasteiger partial charge on any atom is -0.478 e. The number of carboxylic acids is 3. The molecule has 0 spiro atoms. The summed E-state index contributed by atoms with van der Waals surface area (Å²) in [4.78, 5) is 59.9. The van der Waals surface area contributed by atoms with E-state index in [0.29, 0.717) is 6.42 Å². The minimum absolute atomic E-state index is 0.0931. The first-order valence-electron chi connectivity index (χ1n) is 9.37. The SMILES string of the molecule is CCCCCOC(=O)c1ccc(C(=O)O)cc1C(=O)c1cc(C(=O)O)ccc1C(=O)O. The van der Waals surface area contributed by atoms with E-state index in [2.05, 4.69) is 0 Å². The Morgan fingerprint density at radius 2 is 1.23 bits per heavy atom. The van der Waals surface area contributed by atoms with Gasteiger partial charge in [0, 0.05) is 11.1 Å². The van der Waals surface area contributed by atoms with Gasteiger partial charge in [-0.15, -0.1) is 0 Å². The fraction of sp³-hybridized carbons (Fsp3) is 0.227. The Hall–Kier alpha value is -4.01. The lowest BCUT2D eigenvalue weighted by Crippen LogP contribution is -2.17. The average molecular weight is 428 g/mol. The molecule has 0 amide bonds. The first-order valence-corrected chi connectivity index (χ1v) is 9.37. The molecule has 31 heavy (non-hydrogen) atoms. The minimum atomic E-state index is -1.49. The molecule has 0 aromatic heterocycles. The molecule has 2 aromatic rings. The molecule has 0 aliphatic rings. The van der Waals surface area contributed by atoms with Crippen LogP contribution < -0.4 is 0 Å². The second-order valence-electron chi connectivity index (χ2n) is 6.61. The zero-order chi connectivity index (χ0) is 23.1. The average Bonchev–Trinajstić information content (AvgIpc) is 2.74. The molecule has 0 aliphatic heterocycles. The Balaban J connectivity index is 2.58. The van der Waals surface area contributed by atoms with Crippen molar-refractivity contribution in [1.82, 2.24) is 0 Å². The van der Waals surface area contributed by atoms with Gasteiger partial charge in [0.2, 0.25) is 0 Å². The Bertz CT molecular complexity index is 1050. The van der Waals surface area contributed by atoms with Gasteiger partial charge in [0.25, 0.3) is 0 Å². The van der Waals surface area contributed by atoms with Crippen LogP contribution in [0.1, 0.15) is 83.5 Å². The molecular formula is C22H20O9. The standard InChI is InChI=1S/C22H20O9/c1-2-3-4-9-31-22(30)15-8-6-13(20(26)27)11-17(15)18(23)16-10-12(19(24)25)5-7-14(16)21(28)29/h5-8,10-11H,2-4,9H2,1H3,(H,24,25)(H,26,27)(H,28,29). The van der Waals surface area contributed by atoms with E-state index >= 15 is 0 Å². The van der Waals surface area contributed by atoms with E-state index in [1.807, 2.05) is 6.92 Å². The molecule has 0 saturated carbocycles. The van der Waals surface area contributed by atoms with Crippen molar-refractivity contribution >= 4 is 29.7 Å². The maximum Gasteiger partial charge on any atom is 0.338 e. The molecule has 2 aromatic carbocycles. The number of ether oxygens (including phenoxy) is 1. The molecule has 162 valence electrons. The number of ketones is 1. The van der Waals surface area contributed by atoms with Crippen molar-refractivity contribution in [2.45, 2.75) is 26.2 Å². The highest BCUT2D eigenvalue weighted by Crippen LogP contribution is 2.22. The van der Waals surface area contributed by atoms with Gasteiger partial charge in [-0.3, -0.25) is 4.79 Å². The summed E-state index contributed by atoms with van der Waals surface area (Å²) in [6.45, 7) is 2.06. The normalized spacial score (nSPS) is 10.4. The molecular weight excluding hydrogens is 408 g/mol. The highest BCUT2D eigenvalue weighted by Gasteiger charge is 2.26. The lowest BCUT2D eigenvalue weighted by molar-refractivity contribution is 0.0494. The fourth-order valence-electron chi connectivity index (χ4n) is 2.83. The first kappa shape index (κ1) is 23.3. The van der Waals surface area contributed by atoms with Gasteiger partial charge in [-0.05, 0) is 42.8 Å². The zero-order valence-corrected chi connectivity index (χ0v) is 16.6. The number of unbranched alkanes of at least 4 members (excludes halogenated alkanes) is 2. The van der Waals surface area contributed by atoms with Crippen LogP contribution in [0.15, 0.2) is 36.4 Å². The number of hydrogen-bond donors (Lipinski definition) is 3. The summed E-state index contributed by atoms with van der Waals surface area (Å²) in [6.07, 6.45) is 2.32. The summed E-state index contributed by atoms with van der Waals surface area (Å²) in [7, 11) is 0. The number of esters is 1. The van der Waals surface area contributed by atoms with Crippen molar-refractivity contribution in [1.29, 1.82) is 0 Å². The summed E-state index contributed by atoms with van der Waals surface area (Å²) in [6, 6.07) is 6.03. The second-order valence-corrected chi connectivity index (χ2v) is 6.61. The van der Waals surface area contributed by atoms with Crippen LogP contribution >= 0.6 is 0 Å². The molecule has 9 heteroatoms. The lowest BCUT2D eigenvalue weighted by atomic mass is 9.92. The summed E-state index contributed by atoms with van der Waals surface area (Å²) in [5, 5.41) is 27.8. The van der Waals surface area contributed by atoms with E-state index < -0.39 is 46.4 Å². The van der Waals surface area contributed by atoms with Crippen LogP contribution in [0.2, 0.25) is 0 Å². The Morgan fingerprint density at radius 1 is 0.710 bits per heavy atom. The summed E-state index contributed by atoms with van der Waals surface area (Å²) < 4.78 is 5.15. The predicted octanol–water partition coefficient (Wildman–Crippen LogP) is 3.36. The van der Waals surface area contributed by atoms with Crippen molar-refractivity contribution in [3.63, 3.8) is 0 Å². The quantitative estimate of drug-likeness (QED) is 0.293. The van der Waals surface area contributed by atoms with Crippen LogP contribution in [0, 0.1) is 0 Å². The summed E-state index contributed by atoms with van der Waals surface area (Å²) in [5.74, 6) is -6.12. The van der Waals surface area contributed by atoms with Crippen molar-refractivity contribution in [3.8, 4) is 0 Å². The topological polar surface area (TPSA) is 155 Å². The van der Waals surface area contributed by atoms with E-state index in [0.717, 1.165) is 49.2 Å². The number of carbonyl (C=O) groups is 5. The van der Waals surface area contributed by atoms with Crippen LogP contribution in [0.5, 0.6) is 0 Å². The molecule has 0 aliphatic carbocycles. The predicted molar refractivity (Wildman–Crippen MR) is 107 cm³/mol. The van der Waals surface area contributed by atoms with Crippen molar-refractivity contribution in [2.75, 3.05) is 6.61 Å². The Labute approximate surface area is 176 Å². The van der Waals surface area contributed by atoms with E-state index in [1.54, 1.807) is 0 Å². The maximum absolute atomic E-state index is 13.2. The molecule has 0 unspecified atom stereocenters. The number of rotatable bonds is 10. The van der Waals surface area contributed by atoms with Crippen molar-refractivity contribution in [3.05, 3.63) is 69.8 Å². The van der Waals surface area contributed by atoms with Gasteiger partial charge in [-0.2, -0.15) is 0 Å². The molecule has 0 heterocycles. The second kappa shape index (κ2) is 10.1. The van der Waals surface area contributed by atoms with E-state index in [9.17, 15) is 39.3 Å². The smallest absolute Gasteiger partial charge is 0.338 e. The largest absolute Gasteiger partial charge is 0.478 e. The molecule has 0 bridgehead atoms. The monoisotopic (exact) mass is 428 g/mol. The molecule has 0 radical (unpaired) electrons. The zero-order valence-electron chi connectivity index (χ0n) is 16.6. The maximum atomic E-state index is 13.2. The molecule has 0 atom stereocenters. The van der Waals surface area contributed by atoms with E-state index in [4.69, 9.17) is 4.74 Å². The van der Waals surface area contributed by atoms with Gasteiger partial charge in [0.1, 0.15) is 0 Å². The lowest BCUT2D eigenvalue weighted by Gasteiger charge is -2.12.